The smallest absolute Gasteiger partial charge is 0.138 e. The van der Waals surface area contributed by atoms with Crippen molar-refractivity contribution < 1.29 is 4.74 Å². The predicted octanol–water partition coefficient (Wildman–Crippen LogP) is 4.10. The van der Waals surface area contributed by atoms with Crippen LogP contribution in [-0.2, 0) is 6.42 Å². The van der Waals surface area contributed by atoms with Gasteiger partial charge in [-0.1, -0.05) is 30.1 Å². The fraction of sp³-hybridized carbons (Fsp3) is 0.231. The molecule has 0 aliphatic carbocycles. The summed E-state index contributed by atoms with van der Waals surface area (Å²) in [7, 11) is 1.60. The second-order valence-corrected chi connectivity index (χ2v) is 4.58. The van der Waals surface area contributed by atoms with Crippen LogP contribution < -0.4 is 10.1 Å². The van der Waals surface area contributed by atoms with Crippen LogP contribution in [0.4, 0.5) is 11.5 Å². The zero-order chi connectivity index (χ0) is 13.8. The molecule has 4 nitrogen and oxygen atoms in total. The van der Waals surface area contributed by atoms with Crippen LogP contribution >= 0.6 is 23.2 Å². The molecule has 1 aromatic heterocycles. The van der Waals surface area contributed by atoms with Crippen LogP contribution in [-0.4, -0.2) is 17.1 Å². The van der Waals surface area contributed by atoms with Gasteiger partial charge in [-0.25, -0.2) is 9.97 Å². The maximum atomic E-state index is 6.14. The summed E-state index contributed by atoms with van der Waals surface area (Å²) in [6.45, 7) is 1.99. The zero-order valence-electron chi connectivity index (χ0n) is 10.6. The number of anilines is 2. The van der Waals surface area contributed by atoms with Crippen molar-refractivity contribution in [3.8, 4) is 5.75 Å². The SMILES string of the molecule is CCc1c(Cl)ncnc1Nc1cc(OC)ccc1Cl. The summed E-state index contributed by atoms with van der Waals surface area (Å²) in [6.07, 6.45) is 2.14. The van der Waals surface area contributed by atoms with Crippen LogP contribution in [0, 0.1) is 0 Å². The molecule has 19 heavy (non-hydrogen) atoms. The minimum atomic E-state index is 0.444. The second-order valence-electron chi connectivity index (χ2n) is 3.82. The zero-order valence-corrected chi connectivity index (χ0v) is 12.1. The number of rotatable bonds is 4. The first-order valence-electron chi connectivity index (χ1n) is 5.75. The van der Waals surface area contributed by atoms with Crippen molar-refractivity contribution in [2.45, 2.75) is 13.3 Å². The lowest BCUT2D eigenvalue weighted by Gasteiger charge is -2.12. The van der Waals surface area contributed by atoms with Crippen molar-refractivity contribution in [1.82, 2.24) is 9.97 Å². The molecular formula is C13H13Cl2N3O. The largest absolute Gasteiger partial charge is 0.497 e. The number of aromatic nitrogens is 2. The average molecular weight is 298 g/mol. The molecule has 0 radical (unpaired) electrons. The van der Waals surface area contributed by atoms with Gasteiger partial charge in [-0.2, -0.15) is 0 Å². The Hall–Kier alpha value is -1.52. The highest BCUT2D eigenvalue weighted by molar-refractivity contribution is 6.33. The molecule has 1 aromatic carbocycles. The van der Waals surface area contributed by atoms with Gasteiger partial charge in [-0.05, 0) is 18.6 Å². The summed E-state index contributed by atoms with van der Waals surface area (Å²) >= 11 is 12.2. The van der Waals surface area contributed by atoms with Gasteiger partial charge in [-0.3, -0.25) is 0 Å². The van der Waals surface area contributed by atoms with E-state index < -0.39 is 0 Å². The summed E-state index contributed by atoms with van der Waals surface area (Å²) < 4.78 is 5.17. The van der Waals surface area contributed by atoms with E-state index in [1.54, 1.807) is 25.3 Å². The molecule has 0 fully saturated rings. The number of benzene rings is 1. The van der Waals surface area contributed by atoms with Crippen molar-refractivity contribution in [3.05, 3.63) is 40.3 Å². The number of ether oxygens (including phenoxy) is 1. The highest BCUT2D eigenvalue weighted by Crippen LogP contribution is 2.31. The number of nitrogens with zero attached hydrogens (tertiary/aromatic N) is 2. The first-order valence-corrected chi connectivity index (χ1v) is 6.51. The Morgan fingerprint density at radius 1 is 1.26 bits per heavy atom. The van der Waals surface area contributed by atoms with E-state index in [4.69, 9.17) is 27.9 Å². The van der Waals surface area contributed by atoms with Crippen LogP contribution in [0.3, 0.4) is 0 Å². The molecule has 0 amide bonds. The molecule has 0 aliphatic heterocycles. The van der Waals surface area contributed by atoms with Crippen LogP contribution in [0.25, 0.3) is 0 Å². The maximum Gasteiger partial charge on any atom is 0.138 e. The van der Waals surface area contributed by atoms with Gasteiger partial charge >= 0.3 is 0 Å². The van der Waals surface area contributed by atoms with Crippen molar-refractivity contribution in [2.24, 2.45) is 0 Å². The summed E-state index contributed by atoms with van der Waals surface area (Å²) in [6, 6.07) is 5.36. The van der Waals surface area contributed by atoms with Crippen LogP contribution in [0.2, 0.25) is 10.2 Å². The van der Waals surface area contributed by atoms with E-state index >= 15 is 0 Å². The van der Waals surface area contributed by atoms with Gasteiger partial charge in [0.05, 0.1) is 17.8 Å². The van der Waals surface area contributed by atoms with E-state index in [-0.39, 0.29) is 0 Å². The lowest BCUT2D eigenvalue weighted by atomic mass is 10.2. The first-order chi connectivity index (χ1) is 9.15. The van der Waals surface area contributed by atoms with Gasteiger partial charge in [0, 0.05) is 11.6 Å². The molecule has 100 valence electrons. The normalized spacial score (nSPS) is 10.3. The minimum absolute atomic E-state index is 0.444. The van der Waals surface area contributed by atoms with Gasteiger partial charge in [0.15, 0.2) is 0 Å². The van der Waals surface area contributed by atoms with Gasteiger partial charge in [0.1, 0.15) is 23.0 Å². The number of hydrogen-bond donors (Lipinski definition) is 1. The third-order valence-electron chi connectivity index (χ3n) is 2.67. The molecule has 6 heteroatoms. The van der Waals surface area contributed by atoms with Crippen LogP contribution in [0.15, 0.2) is 24.5 Å². The maximum absolute atomic E-state index is 6.14. The Balaban J connectivity index is 2.38. The molecule has 1 heterocycles. The topological polar surface area (TPSA) is 47.0 Å². The van der Waals surface area contributed by atoms with E-state index in [9.17, 15) is 0 Å². The second kappa shape index (κ2) is 6.08. The van der Waals surface area contributed by atoms with Gasteiger partial charge in [0.2, 0.25) is 0 Å². The molecule has 0 saturated heterocycles. The van der Waals surface area contributed by atoms with Crippen LogP contribution in [0.1, 0.15) is 12.5 Å². The summed E-state index contributed by atoms with van der Waals surface area (Å²) in [5, 5.41) is 4.18. The predicted molar refractivity (Wildman–Crippen MR) is 77.7 cm³/mol. The molecule has 2 rings (SSSR count). The Bertz CT molecular complexity index is 590. The Labute approximate surface area is 121 Å². The van der Waals surface area contributed by atoms with Gasteiger partial charge < -0.3 is 10.1 Å². The monoisotopic (exact) mass is 297 g/mol. The molecule has 0 aliphatic rings. The molecule has 0 saturated carbocycles. The molecule has 0 spiro atoms. The third-order valence-corrected chi connectivity index (χ3v) is 3.33. The number of nitrogens with one attached hydrogen (secondary N) is 1. The molecule has 0 unspecified atom stereocenters. The van der Waals surface area contributed by atoms with Crippen LogP contribution in [0.5, 0.6) is 5.75 Å². The highest BCUT2D eigenvalue weighted by atomic mass is 35.5. The standard InChI is InChI=1S/C13H13Cl2N3O/c1-3-9-12(15)16-7-17-13(9)18-11-6-8(19-2)4-5-10(11)14/h4-7H,3H2,1-2H3,(H,16,17,18). The lowest BCUT2D eigenvalue weighted by molar-refractivity contribution is 0.415. The summed E-state index contributed by atoms with van der Waals surface area (Å²) in [5.74, 6) is 1.36. The molecule has 2 aromatic rings. The average Bonchev–Trinajstić information content (AvgIpc) is 2.41. The van der Waals surface area contributed by atoms with E-state index in [2.05, 4.69) is 15.3 Å². The van der Waals surface area contributed by atoms with E-state index in [1.165, 1.54) is 6.33 Å². The number of halogens is 2. The lowest BCUT2D eigenvalue weighted by Crippen LogP contribution is -2.01. The molecule has 0 atom stereocenters. The van der Waals surface area contributed by atoms with Crippen molar-refractivity contribution in [2.75, 3.05) is 12.4 Å². The van der Waals surface area contributed by atoms with Crippen molar-refractivity contribution >= 4 is 34.7 Å². The van der Waals surface area contributed by atoms with E-state index in [0.29, 0.717) is 27.4 Å². The first kappa shape index (κ1) is 13.9. The summed E-state index contributed by atoms with van der Waals surface area (Å²) in [4.78, 5) is 8.16. The Morgan fingerprint density at radius 2 is 2.05 bits per heavy atom. The van der Waals surface area contributed by atoms with Gasteiger partial charge in [0.25, 0.3) is 0 Å². The number of hydrogen-bond acceptors (Lipinski definition) is 4. The Morgan fingerprint density at radius 3 is 2.74 bits per heavy atom. The number of methoxy groups -OCH3 is 1. The molecule has 0 bridgehead atoms. The fourth-order valence-corrected chi connectivity index (χ4v) is 2.10. The third kappa shape index (κ3) is 3.08. The molecule has 1 N–H and O–H groups in total. The fourth-order valence-electron chi connectivity index (χ4n) is 1.67. The van der Waals surface area contributed by atoms with E-state index in [0.717, 1.165) is 12.0 Å². The Kier molecular flexibility index (Phi) is 4.45. The van der Waals surface area contributed by atoms with Crippen molar-refractivity contribution in [1.29, 1.82) is 0 Å². The molecular weight excluding hydrogens is 285 g/mol. The van der Waals surface area contributed by atoms with Gasteiger partial charge in [-0.15, -0.1) is 0 Å². The van der Waals surface area contributed by atoms with E-state index in [1.807, 2.05) is 6.92 Å². The van der Waals surface area contributed by atoms with Crippen molar-refractivity contribution in [3.63, 3.8) is 0 Å². The summed E-state index contributed by atoms with van der Waals surface area (Å²) in [5.41, 5.74) is 1.56. The quantitative estimate of drug-likeness (QED) is 0.863. The minimum Gasteiger partial charge on any atom is -0.497 e. The highest BCUT2D eigenvalue weighted by Gasteiger charge is 2.10.